The number of benzene rings is 10. The first-order chi connectivity index (χ1) is 35.0. The highest BCUT2D eigenvalue weighted by molar-refractivity contribution is 5.90. The Morgan fingerprint density at radius 1 is 0.423 bits per heavy atom. The van der Waals surface area contributed by atoms with Crippen LogP contribution in [0.1, 0.15) is 83.0 Å². The lowest BCUT2D eigenvalue weighted by atomic mass is 9.67. The van der Waals surface area contributed by atoms with E-state index in [1.54, 1.807) is 5.56 Å². The summed E-state index contributed by atoms with van der Waals surface area (Å²) >= 11 is 0. The molecule has 0 heterocycles. The summed E-state index contributed by atoms with van der Waals surface area (Å²) < 4.78 is 6.63. The minimum atomic E-state index is -0.601. The molecule has 0 fully saturated rings. The minimum absolute atomic E-state index is 0.443. The van der Waals surface area contributed by atoms with Gasteiger partial charge >= 0.3 is 0 Å². The molecule has 2 aliphatic carbocycles. The maximum absolute atomic E-state index is 6.63. The molecule has 3 atom stereocenters. The van der Waals surface area contributed by atoms with E-state index < -0.39 is 5.41 Å². The first-order valence-electron chi connectivity index (χ1n) is 25.4. The fourth-order valence-corrected chi connectivity index (χ4v) is 11.5. The van der Waals surface area contributed by atoms with Crippen molar-refractivity contribution in [2.75, 3.05) is 4.90 Å². The molecule has 0 saturated heterocycles. The molecule has 2 aliphatic rings. The van der Waals surface area contributed by atoms with E-state index in [2.05, 4.69) is 267 Å². The van der Waals surface area contributed by atoms with Gasteiger partial charge in [-0.3, -0.25) is 0 Å². The molecule has 12 rings (SSSR count). The summed E-state index contributed by atoms with van der Waals surface area (Å²) in [5.41, 5.74) is 20.8. The maximum atomic E-state index is 6.63. The van der Waals surface area contributed by atoms with Crippen LogP contribution in [0, 0.1) is 0 Å². The van der Waals surface area contributed by atoms with Crippen LogP contribution >= 0.6 is 0 Å². The van der Waals surface area contributed by atoms with Crippen LogP contribution in [-0.2, 0) is 18.3 Å². The second-order valence-corrected chi connectivity index (χ2v) is 19.5. The van der Waals surface area contributed by atoms with E-state index in [0.717, 1.165) is 41.4 Å². The van der Waals surface area contributed by atoms with Crippen molar-refractivity contribution in [2.24, 2.45) is 0 Å². The summed E-state index contributed by atoms with van der Waals surface area (Å²) in [5.74, 6) is 2.66. The van der Waals surface area contributed by atoms with Gasteiger partial charge < -0.3 is 9.64 Å². The smallest absolute Gasteiger partial charge is 0.127 e. The van der Waals surface area contributed by atoms with Crippen molar-refractivity contribution in [2.45, 2.75) is 56.8 Å². The lowest BCUT2D eigenvalue weighted by molar-refractivity contribution is 0.481. The van der Waals surface area contributed by atoms with Crippen molar-refractivity contribution in [3.8, 4) is 44.9 Å². The van der Waals surface area contributed by atoms with E-state index in [4.69, 9.17) is 4.74 Å². The number of fused-ring (bicyclic) bond motifs is 4. The second-order valence-electron chi connectivity index (χ2n) is 19.5. The fourth-order valence-electron chi connectivity index (χ4n) is 11.5. The molecule has 0 aliphatic heterocycles. The predicted octanol–water partition coefficient (Wildman–Crippen LogP) is 18.4. The van der Waals surface area contributed by atoms with Crippen molar-refractivity contribution in [1.29, 1.82) is 0 Å². The van der Waals surface area contributed by atoms with Crippen LogP contribution in [0.25, 0.3) is 33.4 Å². The third-order valence-corrected chi connectivity index (χ3v) is 15.4. The Balaban J connectivity index is 0.898. The molecule has 3 unspecified atom stereocenters. The Hall–Kier alpha value is -8.20. The van der Waals surface area contributed by atoms with Gasteiger partial charge in [0.05, 0.1) is 5.41 Å². The van der Waals surface area contributed by atoms with E-state index in [9.17, 15) is 0 Å². The molecule has 0 N–H and O–H groups in total. The summed E-state index contributed by atoms with van der Waals surface area (Å²) in [7, 11) is 0. The van der Waals surface area contributed by atoms with Crippen LogP contribution in [0.2, 0.25) is 0 Å². The highest BCUT2D eigenvalue weighted by Gasteiger charge is 2.46. The third kappa shape index (κ3) is 8.24. The highest BCUT2D eigenvalue weighted by atomic mass is 16.5. The van der Waals surface area contributed by atoms with Gasteiger partial charge in [0.25, 0.3) is 0 Å². The molecule has 0 saturated carbocycles. The van der Waals surface area contributed by atoms with Crippen LogP contribution in [0.15, 0.2) is 249 Å². The van der Waals surface area contributed by atoms with E-state index in [-0.39, 0.29) is 0 Å². The van der Waals surface area contributed by atoms with E-state index in [1.165, 1.54) is 85.2 Å². The minimum Gasteiger partial charge on any atom is -0.457 e. The summed E-state index contributed by atoms with van der Waals surface area (Å²) in [6.07, 6.45) is 4.75. The van der Waals surface area contributed by atoms with Crippen LogP contribution in [-0.4, -0.2) is 0 Å². The van der Waals surface area contributed by atoms with Gasteiger partial charge in [-0.25, -0.2) is 0 Å². The topological polar surface area (TPSA) is 12.5 Å². The number of nitrogens with zero attached hydrogens (tertiary/aromatic N) is 1. The number of rotatable bonds is 14. The molecule has 0 radical (unpaired) electrons. The average Bonchev–Trinajstić information content (AvgIpc) is 3.72. The van der Waals surface area contributed by atoms with Crippen molar-refractivity contribution >= 4 is 17.1 Å². The zero-order valence-electron chi connectivity index (χ0n) is 40.5. The van der Waals surface area contributed by atoms with Gasteiger partial charge in [-0.05, 0) is 176 Å². The highest BCUT2D eigenvalue weighted by Crippen LogP contribution is 2.57. The Morgan fingerprint density at radius 3 is 1.49 bits per heavy atom. The van der Waals surface area contributed by atoms with Crippen molar-refractivity contribution in [3.63, 3.8) is 0 Å². The number of hydrogen-bond acceptors (Lipinski definition) is 2. The van der Waals surface area contributed by atoms with Gasteiger partial charge in [0.1, 0.15) is 11.5 Å². The van der Waals surface area contributed by atoms with Crippen molar-refractivity contribution in [1.82, 2.24) is 0 Å². The quantitative estimate of drug-likeness (QED) is 0.108. The van der Waals surface area contributed by atoms with Crippen LogP contribution in [0.4, 0.5) is 17.1 Å². The molecular weight excluding hydrogens is 859 g/mol. The lowest BCUT2D eigenvalue weighted by Gasteiger charge is -2.35. The summed E-state index contributed by atoms with van der Waals surface area (Å²) in [6, 6.07) is 91.2. The number of anilines is 3. The lowest BCUT2D eigenvalue weighted by Crippen LogP contribution is -2.28. The Kier molecular flexibility index (Phi) is 11.8. The van der Waals surface area contributed by atoms with Gasteiger partial charge in [0.2, 0.25) is 0 Å². The van der Waals surface area contributed by atoms with Gasteiger partial charge in [0.15, 0.2) is 0 Å². The van der Waals surface area contributed by atoms with Gasteiger partial charge in [-0.15, -0.1) is 0 Å². The average molecular weight is 916 g/mol. The van der Waals surface area contributed by atoms with E-state index in [0.29, 0.717) is 11.8 Å². The van der Waals surface area contributed by atoms with Gasteiger partial charge in [-0.1, -0.05) is 202 Å². The zero-order chi connectivity index (χ0) is 47.7. The molecule has 0 amide bonds. The van der Waals surface area contributed by atoms with Gasteiger partial charge in [0, 0.05) is 17.1 Å². The molecule has 10 aromatic rings. The summed E-state index contributed by atoms with van der Waals surface area (Å²) in [6.45, 7) is 4.70. The molecule has 0 bridgehead atoms. The normalized spacial score (nSPS) is 15.1. The monoisotopic (exact) mass is 915 g/mol. The largest absolute Gasteiger partial charge is 0.457 e. The fraction of sp³-hybridized carbons (Fsp3) is 0.130. The standard InChI is InChI=1S/C69H57NO/c1-3-49(56-25-23-55-24-26-57(55)46-56)45-48(2)50-31-40-63(41-32-50)71-64-42-33-59(34-43-64)69(58-19-11-6-12-20-58)67-22-14-13-21-65(67)66-44-39-62(47-68(66)69)70(60-35-27-53(28-36-60)51-15-7-4-8-16-51)61-37-29-54(30-38-61)52-17-9-5-10-18-52/h4-23,25,27-44,46-49H,3,24,26,45H2,1-2H3. The third-order valence-electron chi connectivity index (χ3n) is 15.4. The first kappa shape index (κ1) is 44.0. The van der Waals surface area contributed by atoms with Crippen molar-refractivity contribution < 1.29 is 4.74 Å². The second kappa shape index (κ2) is 18.9. The van der Waals surface area contributed by atoms with Crippen LogP contribution < -0.4 is 9.64 Å². The Labute approximate surface area is 419 Å². The Bertz CT molecular complexity index is 3350. The molecule has 71 heavy (non-hydrogen) atoms. The summed E-state index contributed by atoms with van der Waals surface area (Å²) in [5, 5.41) is 0. The van der Waals surface area contributed by atoms with E-state index in [1.807, 2.05) is 0 Å². The molecule has 0 aromatic heterocycles. The number of aryl methyl sites for hydroxylation is 2. The molecule has 2 nitrogen and oxygen atoms in total. The molecular formula is C69H57NO. The maximum Gasteiger partial charge on any atom is 0.127 e. The number of ether oxygens (including phenoxy) is 1. The SMILES string of the molecule is CCC(CC(C)c1ccc(Oc2ccc(C3(c4ccccc4)c4ccccc4-c4ccc(N(c5ccc(-c6ccccc6)cc5)c5ccc(-c6ccccc6)cc5)cc43)cc2)cc1)c1ccc2c(c1)CC2. The zero-order valence-corrected chi connectivity index (χ0v) is 40.5. The Morgan fingerprint density at radius 2 is 0.915 bits per heavy atom. The predicted molar refractivity (Wildman–Crippen MR) is 296 cm³/mol. The van der Waals surface area contributed by atoms with Crippen LogP contribution in [0.3, 0.4) is 0 Å². The molecule has 2 heteroatoms. The molecule has 10 aromatic carbocycles. The molecule has 0 spiro atoms. The molecule has 344 valence electrons. The summed E-state index contributed by atoms with van der Waals surface area (Å²) in [4.78, 5) is 2.40. The number of hydrogen-bond donors (Lipinski definition) is 0. The van der Waals surface area contributed by atoms with Gasteiger partial charge in [-0.2, -0.15) is 0 Å². The van der Waals surface area contributed by atoms with Crippen LogP contribution in [0.5, 0.6) is 11.5 Å². The first-order valence-corrected chi connectivity index (χ1v) is 25.4. The van der Waals surface area contributed by atoms with E-state index >= 15 is 0 Å². The van der Waals surface area contributed by atoms with Crippen molar-refractivity contribution in [3.05, 3.63) is 293 Å².